The van der Waals surface area contributed by atoms with Gasteiger partial charge >= 0.3 is 0 Å². The van der Waals surface area contributed by atoms with Crippen molar-refractivity contribution < 1.29 is 9.53 Å². The van der Waals surface area contributed by atoms with Crippen molar-refractivity contribution in [3.63, 3.8) is 0 Å². The van der Waals surface area contributed by atoms with Gasteiger partial charge < -0.3 is 10.5 Å². The molecule has 0 aliphatic heterocycles. The number of rotatable bonds is 5. The summed E-state index contributed by atoms with van der Waals surface area (Å²) in [6.07, 6.45) is 4.67. The van der Waals surface area contributed by atoms with Gasteiger partial charge in [-0.15, -0.1) is 0 Å². The van der Waals surface area contributed by atoms with Crippen LogP contribution in [0.15, 0.2) is 24.3 Å². The standard InChI is InChI=1S/C17H25NO2/c1-3-11-20-15-9-5-4-8-14(15)16(19)17(18)10-6-7-13(2)12-17/h4-5,8-9,13H,3,6-7,10-12,18H2,1-2H3. The fraction of sp³-hybridized carbons (Fsp3) is 0.588. The van der Waals surface area contributed by atoms with Crippen molar-refractivity contribution in [3.8, 4) is 5.75 Å². The van der Waals surface area contributed by atoms with Gasteiger partial charge in [-0.1, -0.05) is 38.8 Å². The van der Waals surface area contributed by atoms with Crippen molar-refractivity contribution in [2.45, 2.75) is 51.5 Å². The number of nitrogens with two attached hydrogens (primary N) is 1. The van der Waals surface area contributed by atoms with Crippen molar-refractivity contribution in [2.75, 3.05) is 6.61 Å². The lowest BCUT2D eigenvalue weighted by atomic mass is 9.73. The molecule has 2 N–H and O–H groups in total. The van der Waals surface area contributed by atoms with Crippen LogP contribution in [0.25, 0.3) is 0 Å². The number of carbonyl (C=O) groups is 1. The van der Waals surface area contributed by atoms with Gasteiger partial charge in [0.2, 0.25) is 0 Å². The zero-order valence-corrected chi connectivity index (χ0v) is 12.5. The zero-order valence-electron chi connectivity index (χ0n) is 12.5. The van der Waals surface area contributed by atoms with E-state index in [0.29, 0.717) is 23.8 Å². The summed E-state index contributed by atoms with van der Waals surface area (Å²) in [5.74, 6) is 1.22. The summed E-state index contributed by atoms with van der Waals surface area (Å²) in [5.41, 5.74) is 6.34. The molecule has 2 atom stereocenters. The van der Waals surface area contributed by atoms with Gasteiger partial charge in [0.15, 0.2) is 5.78 Å². The summed E-state index contributed by atoms with van der Waals surface area (Å²) in [6, 6.07) is 7.47. The molecule has 3 heteroatoms. The maximum atomic E-state index is 12.8. The number of ether oxygens (including phenoxy) is 1. The Morgan fingerprint density at radius 2 is 2.20 bits per heavy atom. The summed E-state index contributed by atoms with van der Waals surface area (Å²) >= 11 is 0. The van der Waals surface area contributed by atoms with Gasteiger partial charge in [-0.05, 0) is 37.3 Å². The number of ketones is 1. The van der Waals surface area contributed by atoms with Gasteiger partial charge in [-0.3, -0.25) is 4.79 Å². The third-order valence-corrected chi connectivity index (χ3v) is 4.08. The van der Waals surface area contributed by atoms with Gasteiger partial charge in [0.1, 0.15) is 5.75 Å². The Bertz CT molecular complexity index is 472. The second-order valence-corrected chi connectivity index (χ2v) is 6.03. The number of carbonyl (C=O) groups excluding carboxylic acids is 1. The first-order valence-corrected chi connectivity index (χ1v) is 7.62. The average molecular weight is 275 g/mol. The highest BCUT2D eigenvalue weighted by Crippen LogP contribution is 2.34. The number of hydrogen-bond donors (Lipinski definition) is 1. The summed E-state index contributed by atoms with van der Waals surface area (Å²) < 4.78 is 5.69. The molecule has 1 aromatic carbocycles. The van der Waals surface area contributed by atoms with E-state index in [1.165, 1.54) is 6.42 Å². The normalized spacial score (nSPS) is 26.2. The van der Waals surface area contributed by atoms with Crippen molar-refractivity contribution in [1.82, 2.24) is 0 Å². The molecule has 1 saturated carbocycles. The highest BCUT2D eigenvalue weighted by Gasteiger charge is 2.39. The molecular weight excluding hydrogens is 250 g/mol. The molecule has 2 unspecified atom stereocenters. The van der Waals surface area contributed by atoms with Crippen LogP contribution >= 0.6 is 0 Å². The third kappa shape index (κ3) is 3.21. The van der Waals surface area contributed by atoms with Crippen molar-refractivity contribution in [1.29, 1.82) is 0 Å². The van der Waals surface area contributed by atoms with E-state index in [1.54, 1.807) is 0 Å². The predicted molar refractivity (Wildman–Crippen MR) is 81.1 cm³/mol. The van der Waals surface area contributed by atoms with E-state index in [1.807, 2.05) is 24.3 Å². The van der Waals surface area contributed by atoms with Crippen LogP contribution in [0.3, 0.4) is 0 Å². The summed E-state index contributed by atoms with van der Waals surface area (Å²) in [6.45, 7) is 4.85. The minimum Gasteiger partial charge on any atom is -0.493 e. The molecule has 1 aliphatic rings. The average Bonchev–Trinajstić information content (AvgIpc) is 2.44. The molecule has 1 aliphatic carbocycles. The van der Waals surface area contributed by atoms with E-state index >= 15 is 0 Å². The molecule has 0 spiro atoms. The van der Waals surface area contributed by atoms with Crippen LogP contribution in [0.4, 0.5) is 0 Å². The van der Waals surface area contributed by atoms with E-state index in [-0.39, 0.29) is 5.78 Å². The monoisotopic (exact) mass is 275 g/mol. The van der Waals surface area contributed by atoms with Crippen LogP contribution in [0.2, 0.25) is 0 Å². The van der Waals surface area contributed by atoms with Crippen molar-refractivity contribution in [2.24, 2.45) is 11.7 Å². The Balaban J connectivity index is 2.24. The molecule has 0 radical (unpaired) electrons. The van der Waals surface area contributed by atoms with Crippen LogP contribution in [0, 0.1) is 5.92 Å². The molecule has 0 bridgehead atoms. The summed E-state index contributed by atoms with van der Waals surface area (Å²) in [7, 11) is 0. The van der Waals surface area contributed by atoms with Crippen LogP contribution in [-0.4, -0.2) is 17.9 Å². The Kier molecular flexibility index (Phi) is 4.81. The molecule has 20 heavy (non-hydrogen) atoms. The number of benzene rings is 1. The maximum Gasteiger partial charge on any atom is 0.186 e. The van der Waals surface area contributed by atoms with Crippen LogP contribution in [0.5, 0.6) is 5.75 Å². The van der Waals surface area contributed by atoms with E-state index < -0.39 is 5.54 Å². The molecule has 110 valence electrons. The lowest BCUT2D eigenvalue weighted by molar-refractivity contribution is 0.0815. The first kappa shape index (κ1) is 15.0. The molecule has 0 amide bonds. The Morgan fingerprint density at radius 3 is 2.90 bits per heavy atom. The van der Waals surface area contributed by atoms with E-state index in [9.17, 15) is 4.79 Å². The van der Waals surface area contributed by atoms with Crippen LogP contribution in [0.1, 0.15) is 56.3 Å². The molecular formula is C17H25NO2. The summed E-state index contributed by atoms with van der Waals surface area (Å²) in [5, 5.41) is 0. The van der Waals surface area contributed by atoms with E-state index in [4.69, 9.17) is 10.5 Å². The topological polar surface area (TPSA) is 52.3 Å². The number of para-hydroxylation sites is 1. The van der Waals surface area contributed by atoms with Gasteiger partial charge in [-0.25, -0.2) is 0 Å². The largest absolute Gasteiger partial charge is 0.493 e. The minimum atomic E-state index is -0.719. The summed E-state index contributed by atoms with van der Waals surface area (Å²) in [4.78, 5) is 12.8. The Hall–Kier alpha value is -1.35. The minimum absolute atomic E-state index is 0.0377. The molecule has 1 fully saturated rings. The Morgan fingerprint density at radius 1 is 1.45 bits per heavy atom. The first-order valence-electron chi connectivity index (χ1n) is 7.62. The molecule has 0 aromatic heterocycles. The first-order chi connectivity index (χ1) is 9.57. The molecule has 1 aromatic rings. The fourth-order valence-corrected chi connectivity index (χ4v) is 3.06. The van der Waals surface area contributed by atoms with Crippen molar-refractivity contribution in [3.05, 3.63) is 29.8 Å². The van der Waals surface area contributed by atoms with Crippen LogP contribution in [-0.2, 0) is 0 Å². The smallest absolute Gasteiger partial charge is 0.186 e. The van der Waals surface area contributed by atoms with Crippen molar-refractivity contribution >= 4 is 5.78 Å². The van der Waals surface area contributed by atoms with E-state index in [2.05, 4.69) is 13.8 Å². The lowest BCUT2D eigenvalue weighted by Crippen LogP contribution is -2.51. The molecule has 2 rings (SSSR count). The fourth-order valence-electron chi connectivity index (χ4n) is 3.06. The lowest BCUT2D eigenvalue weighted by Gasteiger charge is -2.35. The van der Waals surface area contributed by atoms with Gasteiger partial charge in [0, 0.05) is 0 Å². The zero-order chi connectivity index (χ0) is 14.6. The highest BCUT2D eigenvalue weighted by atomic mass is 16.5. The number of hydrogen-bond acceptors (Lipinski definition) is 3. The highest BCUT2D eigenvalue weighted by molar-refractivity contribution is 6.05. The predicted octanol–water partition coefficient (Wildman–Crippen LogP) is 3.57. The van der Waals surface area contributed by atoms with Gasteiger partial charge in [0.25, 0.3) is 0 Å². The quantitative estimate of drug-likeness (QED) is 0.836. The van der Waals surface area contributed by atoms with Gasteiger partial charge in [0.05, 0.1) is 17.7 Å². The Labute approximate surface area is 121 Å². The van der Waals surface area contributed by atoms with Gasteiger partial charge in [-0.2, -0.15) is 0 Å². The molecule has 0 saturated heterocycles. The maximum absolute atomic E-state index is 12.8. The third-order valence-electron chi connectivity index (χ3n) is 4.08. The van der Waals surface area contributed by atoms with E-state index in [0.717, 1.165) is 25.7 Å². The second-order valence-electron chi connectivity index (χ2n) is 6.03. The second kappa shape index (κ2) is 6.40. The SMILES string of the molecule is CCCOc1ccccc1C(=O)C1(N)CCCC(C)C1. The van der Waals surface area contributed by atoms with Crippen LogP contribution < -0.4 is 10.5 Å². The number of Topliss-reactive ketones (excluding diaryl/α,β-unsaturated/α-hetero) is 1. The molecule has 3 nitrogen and oxygen atoms in total. The molecule has 0 heterocycles.